The summed E-state index contributed by atoms with van der Waals surface area (Å²) >= 11 is 8.11. The van der Waals surface area contributed by atoms with E-state index in [4.69, 9.17) is 23.9 Å². The second-order valence-electron chi connectivity index (χ2n) is 36.5. The Kier molecular flexibility index (Phi) is 28.7. The number of thioether (sulfide) groups is 4. The second kappa shape index (κ2) is 35.9. The van der Waals surface area contributed by atoms with Gasteiger partial charge in [-0.1, -0.05) is 215 Å². The number of para-hydroxylation sites is 4. The number of benzene rings is 4. The number of anilines is 3. The molecule has 8 heterocycles. The van der Waals surface area contributed by atoms with E-state index >= 15 is 0 Å². The number of hydrogen-bond donors (Lipinski definition) is 0. The molecule has 0 amide bonds. The Balaban J connectivity index is 0.000000140. The van der Waals surface area contributed by atoms with Crippen LogP contribution in [-0.4, -0.2) is 64.8 Å². The van der Waals surface area contributed by atoms with Crippen LogP contribution in [0.3, 0.4) is 0 Å². The molecular formula is C96H140Cl2N4S4Ti-2. The van der Waals surface area contributed by atoms with Gasteiger partial charge in [-0.15, -0.1) is 58.8 Å². The van der Waals surface area contributed by atoms with Crippen LogP contribution >= 0.6 is 65.7 Å². The standard InChI is InChI=1S/C26H39NS.C24H34NS.C23H33NS.C22H31NS.CH3.2ClH.Ti/c1-9-27-21(26(6,7)8)14-13-19-11-10-12-20(24(19)27)23-16(3)15(2)22-17(4)18(5)28-25(22)23;1-6-7-10-19-13-12-18-9-8-11-20(23(18)25-19)22-15(3)14(2)21-16(4)17(5)26-24(21)22;1-7-24-13(2)11-12-18-9-8-10-19(22(18)24)21-15(4)14(3)20-16(5)17(6)25-23(20)21;1-6-23-13(2)10-11-17-8-7-9-18(21(17)23)20-16(5)15(4)19-12-14(3)24-22(19)20;;;;/h10-12,15-16,21-23,25H,9,13-14H2,1-8H3;8-9,11,14-15,19,21-22,24H,6-7,10,12-13H2,1-5H3;8-10,13-15,20-21,23H,7,11-12H2,1-6H3;7-9,12-13,15-16,19-20,22H,6,10-11H2,1-5H3;1H3;2*1H;/q;-1;;;-1;;;+2/p-2. The van der Waals surface area contributed by atoms with Crippen molar-refractivity contribution in [1.29, 1.82) is 0 Å². The van der Waals surface area contributed by atoms with Gasteiger partial charge in [0.05, 0.1) is 0 Å². The molecule has 4 aliphatic carbocycles. The molecule has 0 radical (unpaired) electrons. The van der Waals surface area contributed by atoms with Gasteiger partial charge in [-0.05, 0) is 263 Å². The van der Waals surface area contributed by atoms with Crippen molar-refractivity contribution in [2.24, 2.45) is 76.4 Å². The molecule has 4 fully saturated rings. The number of aryl methyl sites for hydroxylation is 4. The minimum absolute atomic E-state index is 0. The molecule has 16 rings (SSSR count). The zero-order chi connectivity index (χ0) is 76.4. The van der Waals surface area contributed by atoms with Gasteiger partial charge in [0.1, 0.15) is 0 Å². The molecule has 24 unspecified atom stereocenters. The van der Waals surface area contributed by atoms with Gasteiger partial charge in [0.15, 0.2) is 0 Å². The molecule has 0 saturated heterocycles. The molecule has 4 aromatic carbocycles. The molecule has 4 nitrogen and oxygen atoms in total. The van der Waals surface area contributed by atoms with Gasteiger partial charge >= 0.3 is 35.6 Å². The Morgan fingerprint density at radius 3 is 1.18 bits per heavy atom. The molecule has 0 N–H and O–H groups in total. The molecule has 12 aliphatic rings. The molecule has 4 saturated carbocycles. The molecule has 0 spiro atoms. The van der Waals surface area contributed by atoms with Crippen LogP contribution in [-0.2, 0) is 42.7 Å². The number of hydrogen-bond acceptors (Lipinski definition) is 7. The van der Waals surface area contributed by atoms with Gasteiger partial charge in [0.25, 0.3) is 0 Å². The molecule has 107 heavy (non-hydrogen) atoms. The first-order valence-corrected chi connectivity index (χ1v) is 50.2. The average molecular weight is 1600 g/mol. The fourth-order valence-corrected chi connectivity index (χ4v) is 31.0. The molecule has 0 bridgehead atoms. The molecule has 588 valence electrons. The van der Waals surface area contributed by atoms with E-state index in [1.807, 2.05) is 0 Å². The van der Waals surface area contributed by atoms with Crippen LogP contribution < -0.4 is 14.7 Å². The Bertz CT molecular complexity index is 3890. The van der Waals surface area contributed by atoms with Gasteiger partial charge in [0.2, 0.25) is 0 Å². The van der Waals surface area contributed by atoms with Crippen molar-refractivity contribution in [1.82, 2.24) is 0 Å². The number of allylic oxidation sites excluding steroid dienone is 8. The first kappa shape index (κ1) is 85.6. The molecule has 8 aliphatic heterocycles. The van der Waals surface area contributed by atoms with Crippen LogP contribution in [0, 0.1) is 83.9 Å². The fraction of sp³-hybridized carbons (Fsp3) is 0.656. The number of rotatable bonds is 10. The monoisotopic (exact) mass is 1590 g/mol. The number of unbranched alkanes of at least 4 members (excludes halogenated alkanes) is 1. The number of nitrogens with zero attached hydrogens (tertiary/aromatic N) is 4. The predicted molar refractivity (Wildman–Crippen MR) is 477 cm³/mol. The van der Waals surface area contributed by atoms with Gasteiger partial charge < -0.3 is 27.4 Å². The summed E-state index contributed by atoms with van der Waals surface area (Å²) in [5.74, 6) is 11.9. The molecule has 0 aromatic heterocycles. The van der Waals surface area contributed by atoms with E-state index in [2.05, 4.69) is 307 Å². The number of fused-ring (bicyclic) bond motifs is 8. The number of halogens is 2. The summed E-state index contributed by atoms with van der Waals surface area (Å²) in [4.78, 5) is 14.4. The quantitative estimate of drug-likeness (QED) is 0.115. The first-order valence-electron chi connectivity index (χ1n) is 42.4. The Labute approximate surface area is 688 Å². The van der Waals surface area contributed by atoms with Gasteiger partial charge in [-0.2, -0.15) is 0 Å². The fourth-order valence-electron chi connectivity index (χ4n) is 23.7. The van der Waals surface area contributed by atoms with Crippen LogP contribution in [0.1, 0.15) is 279 Å². The van der Waals surface area contributed by atoms with E-state index in [0.717, 1.165) is 112 Å². The second-order valence-corrected chi connectivity index (χ2v) is 44.6. The summed E-state index contributed by atoms with van der Waals surface area (Å²) in [6.07, 6.45) is 16.5. The molecule has 4 aromatic rings. The third-order valence-corrected chi connectivity index (χ3v) is 36.3. The minimum atomic E-state index is -0.556. The first-order chi connectivity index (χ1) is 50.6. The topological polar surface area (TPSA) is 23.8 Å². The third-order valence-electron chi connectivity index (χ3n) is 30.3. The average Bonchev–Trinajstić information content (AvgIpc) is 1.68. The Hall–Kier alpha value is -2.27. The van der Waals surface area contributed by atoms with E-state index in [0.29, 0.717) is 53.3 Å². The van der Waals surface area contributed by atoms with Crippen molar-refractivity contribution in [3.8, 4) is 0 Å². The summed E-state index contributed by atoms with van der Waals surface area (Å²) < 4.78 is 0. The maximum absolute atomic E-state index is 5.32. The van der Waals surface area contributed by atoms with Gasteiger partial charge in [-0.25, -0.2) is 0 Å². The Morgan fingerprint density at radius 2 is 0.776 bits per heavy atom. The predicted octanol–water partition coefficient (Wildman–Crippen LogP) is 28.8. The summed E-state index contributed by atoms with van der Waals surface area (Å²) in [5.41, 5.74) is 24.2. The summed E-state index contributed by atoms with van der Waals surface area (Å²) in [7, 11) is 9.78. The van der Waals surface area contributed by atoms with E-state index < -0.39 is 17.0 Å². The van der Waals surface area contributed by atoms with Crippen LogP contribution in [0.4, 0.5) is 22.7 Å². The zero-order valence-corrected chi connectivity index (χ0v) is 77.3. The summed E-state index contributed by atoms with van der Waals surface area (Å²) in [6.45, 7) is 61.2. The van der Waals surface area contributed by atoms with Crippen LogP contribution in [0.5, 0.6) is 0 Å². The van der Waals surface area contributed by atoms with Crippen molar-refractivity contribution in [3.05, 3.63) is 172 Å². The van der Waals surface area contributed by atoms with E-state index in [9.17, 15) is 0 Å². The van der Waals surface area contributed by atoms with Crippen LogP contribution in [0.25, 0.3) is 5.32 Å². The van der Waals surface area contributed by atoms with Gasteiger partial charge in [-0.3, -0.25) is 0 Å². The summed E-state index contributed by atoms with van der Waals surface area (Å²) in [6, 6.07) is 31.1. The van der Waals surface area contributed by atoms with Crippen LogP contribution in [0.2, 0.25) is 0 Å². The Morgan fingerprint density at radius 1 is 0.430 bits per heavy atom. The molecule has 11 heteroatoms. The maximum atomic E-state index is 5.32. The van der Waals surface area contributed by atoms with E-state index in [-0.39, 0.29) is 7.43 Å². The van der Waals surface area contributed by atoms with Crippen LogP contribution in [0.15, 0.2) is 115 Å². The van der Waals surface area contributed by atoms with Crippen molar-refractivity contribution in [2.45, 2.75) is 306 Å². The van der Waals surface area contributed by atoms with E-state index in [1.54, 1.807) is 92.3 Å². The molecule has 24 atom stereocenters. The van der Waals surface area contributed by atoms with Crippen molar-refractivity contribution < 1.29 is 17.0 Å². The third kappa shape index (κ3) is 16.2. The van der Waals surface area contributed by atoms with E-state index in [1.165, 1.54) is 81.9 Å². The van der Waals surface area contributed by atoms with Crippen molar-refractivity contribution >= 4 is 88.4 Å². The SMILES string of the molecule is CCCCC1CCc2cccc(C3C(C)C(C)C4C(C)=C(C)SC43)c2[N-]1.CCN1c2c(cccc2C2C(C)C(C)C3C(C)=C(C)SC32)CCC1C.CCN1c2c(cccc2C2C(C)C(C)C3C(C)=C(C)SC32)CCC1C(C)(C)C.CCN1c2c(cccc2C2C(C)C(C)C3C=C(C)SC32)CCC1C.[CH3-].[Cl][Ti][Cl]. The summed E-state index contributed by atoms with van der Waals surface area (Å²) in [5, 5.41) is 8.25. The van der Waals surface area contributed by atoms with Crippen molar-refractivity contribution in [2.75, 3.05) is 34.3 Å². The zero-order valence-electron chi connectivity index (χ0n) is 70.9. The normalized spacial score (nSPS) is 35.4. The van der Waals surface area contributed by atoms with Crippen molar-refractivity contribution in [3.63, 3.8) is 0 Å². The molecular weight excluding hydrogens is 1460 g/mol. The van der Waals surface area contributed by atoms with Gasteiger partial charge in [0, 0.05) is 93.6 Å².